The maximum absolute atomic E-state index is 5.38. The van der Waals surface area contributed by atoms with E-state index in [2.05, 4.69) is 135 Å². The lowest BCUT2D eigenvalue weighted by atomic mass is 9.84. The van der Waals surface area contributed by atoms with Crippen LogP contribution < -0.4 is 0 Å². The number of nitrogens with zero attached hydrogens (tertiary/aromatic N) is 1. The van der Waals surface area contributed by atoms with Crippen LogP contribution in [0.4, 0.5) is 0 Å². The van der Waals surface area contributed by atoms with Crippen LogP contribution in [0.5, 0.6) is 0 Å². The fourth-order valence-corrected chi connectivity index (χ4v) is 8.73. The Labute approximate surface area is 312 Å². The number of rotatable bonds is 7. The van der Waals surface area contributed by atoms with Crippen molar-refractivity contribution in [2.75, 3.05) is 0 Å². The van der Waals surface area contributed by atoms with E-state index in [0.29, 0.717) is 11.8 Å². The van der Waals surface area contributed by atoms with Gasteiger partial charge in [-0.05, 0) is 115 Å². The fraction of sp³-hybridized carbons (Fsp3) is 0.340. The molecular formula is C50H56N2. The highest BCUT2D eigenvalue weighted by atomic mass is 14.8. The number of aromatic nitrogens is 1. The third-order valence-electron chi connectivity index (χ3n) is 11.6. The number of hydrogen-bond acceptors (Lipinski definition) is 1. The smallest absolute Gasteiger partial charge is 0.0737 e. The van der Waals surface area contributed by atoms with E-state index < -0.39 is 0 Å². The second-order valence-corrected chi connectivity index (χ2v) is 15.1. The van der Waals surface area contributed by atoms with Crippen molar-refractivity contribution < 1.29 is 0 Å². The first-order valence-corrected chi connectivity index (χ1v) is 20.1. The number of allylic oxidation sites excluding steroid dienone is 2. The minimum absolute atomic E-state index is 0.700. The molecule has 1 N–H and O–H groups in total. The number of H-pyrrole nitrogens is 1. The second-order valence-electron chi connectivity index (χ2n) is 15.1. The van der Waals surface area contributed by atoms with Gasteiger partial charge in [0.1, 0.15) is 0 Å². The minimum atomic E-state index is 0.700. The van der Waals surface area contributed by atoms with Crippen LogP contribution in [0, 0.1) is 20.8 Å². The zero-order valence-electron chi connectivity index (χ0n) is 32.1. The Bertz CT molecular complexity index is 2070. The van der Waals surface area contributed by atoms with Gasteiger partial charge in [-0.3, -0.25) is 0 Å². The molecule has 0 saturated heterocycles. The number of aliphatic imine (C=N–C) groups is 1. The number of nitrogens with one attached hydrogen (secondary N) is 1. The first-order chi connectivity index (χ1) is 25.5. The zero-order valence-corrected chi connectivity index (χ0v) is 32.1. The molecule has 266 valence electrons. The number of hydrogen-bond donors (Lipinski definition) is 1. The third kappa shape index (κ3) is 7.73. The summed E-state index contributed by atoms with van der Waals surface area (Å²) in [6.45, 7) is 10.6. The van der Waals surface area contributed by atoms with Crippen LogP contribution in [-0.2, 0) is 0 Å². The summed E-state index contributed by atoms with van der Waals surface area (Å²) in [5, 5.41) is 0. The molecule has 4 aromatic carbocycles. The van der Waals surface area contributed by atoms with Crippen LogP contribution in [0.3, 0.4) is 0 Å². The molecular weight excluding hydrogens is 629 g/mol. The molecule has 2 nitrogen and oxygen atoms in total. The maximum atomic E-state index is 5.38. The molecule has 0 amide bonds. The Hall–Kier alpha value is -4.69. The van der Waals surface area contributed by atoms with Crippen molar-refractivity contribution in [1.82, 2.24) is 4.98 Å². The van der Waals surface area contributed by atoms with Crippen molar-refractivity contribution in [3.8, 4) is 22.4 Å². The normalized spacial score (nSPS) is 17.4. The lowest BCUT2D eigenvalue weighted by Crippen LogP contribution is -2.05. The lowest BCUT2D eigenvalue weighted by Gasteiger charge is -2.22. The number of aryl methyl sites for hydroxylation is 3. The largest absolute Gasteiger partial charge is 0.354 e. The summed E-state index contributed by atoms with van der Waals surface area (Å²) in [4.78, 5) is 9.26. The van der Waals surface area contributed by atoms with E-state index in [4.69, 9.17) is 4.99 Å². The van der Waals surface area contributed by atoms with E-state index in [0.717, 1.165) is 22.8 Å². The van der Waals surface area contributed by atoms with Crippen LogP contribution >= 0.6 is 0 Å². The molecule has 3 aliphatic rings. The predicted molar refractivity (Wildman–Crippen MR) is 224 cm³/mol. The highest BCUT2D eigenvalue weighted by molar-refractivity contribution is 6.19. The maximum Gasteiger partial charge on any atom is 0.0737 e. The van der Waals surface area contributed by atoms with E-state index in [1.807, 2.05) is 13.8 Å². The molecule has 0 radical (unpaired) electrons. The van der Waals surface area contributed by atoms with Crippen molar-refractivity contribution in [3.05, 3.63) is 153 Å². The van der Waals surface area contributed by atoms with Gasteiger partial charge in [-0.2, -0.15) is 0 Å². The molecule has 2 saturated carbocycles. The first-order valence-electron chi connectivity index (χ1n) is 20.1. The molecule has 0 spiro atoms. The Kier molecular flexibility index (Phi) is 11.2. The highest BCUT2D eigenvalue weighted by Gasteiger charge is 2.22. The molecule has 5 aromatic rings. The van der Waals surface area contributed by atoms with Gasteiger partial charge in [0.15, 0.2) is 0 Å². The number of aromatic amines is 1. The highest BCUT2D eigenvalue weighted by Crippen LogP contribution is 2.40. The van der Waals surface area contributed by atoms with E-state index >= 15 is 0 Å². The Balaban J connectivity index is 0.00000207. The van der Waals surface area contributed by atoms with Crippen LogP contribution in [0.2, 0.25) is 0 Å². The standard InChI is InChI=1S/C48H50N2.C2H6/c1-32-18-27-42(34(3)28-32)44-30-46(40-25-21-38(22-26-40)36-15-8-5-9-16-36)50-48(44)31-47-43(41-17-11-10-12-33(41)2)29-45(49-47)39-23-19-37(20-24-39)35-13-6-4-7-14-35;1-2/h10-12,17-31,35-36,49H,4-9,13-16H2,1-3H3;1-2H3/b48-31-;. The second kappa shape index (κ2) is 16.3. The van der Waals surface area contributed by atoms with Gasteiger partial charge in [-0.1, -0.05) is 149 Å². The molecule has 8 rings (SSSR count). The summed E-state index contributed by atoms with van der Waals surface area (Å²) in [6.07, 6.45) is 18.1. The Morgan fingerprint density at radius 2 is 1.17 bits per heavy atom. The SMILES string of the molecule is CC.Cc1ccc(C2=CC(c3ccc(C4CCCCC4)cc3)=N/C2=C\c2[nH]c(-c3ccc(C4CCCCC4)cc3)cc2-c2ccccc2C)c(C)c1. The molecule has 2 heterocycles. The van der Waals surface area contributed by atoms with Crippen molar-refractivity contribution >= 4 is 17.4 Å². The van der Waals surface area contributed by atoms with Crippen LogP contribution in [-0.4, -0.2) is 10.7 Å². The Morgan fingerprint density at radius 3 is 1.77 bits per heavy atom. The van der Waals surface area contributed by atoms with E-state index in [9.17, 15) is 0 Å². The molecule has 0 unspecified atom stereocenters. The topological polar surface area (TPSA) is 28.1 Å². The lowest BCUT2D eigenvalue weighted by molar-refractivity contribution is 0.443. The molecule has 2 heteroatoms. The average molecular weight is 685 g/mol. The summed E-state index contributed by atoms with van der Waals surface area (Å²) >= 11 is 0. The fourth-order valence-electron chi connectivity index (χ4n) is 8.73. The molecule has 1 aliphatic heterocycles. The summed E-state index contributed by atoms with van der Waals surface area (Å²) < 4.78 is 0. The molecule has 1 aromatic heterocycles. The van der Waals surface area contributed by atoms with Crippen molar-refractivity contribution in [2.24, 2.45) is 4.99 Å². The summed E-state index contributed by atoms with van der Waals surface area (Å²) in [6, 6.07) is 36.5. The van der Waals surface area contributed by atoms with Crippen molar-refractivity contribution in [3.63, 3.8) is 0 Å². The van der Waals surface area contributed by atoms with E-state index in [1.165, 1.54) is 125 Å². The van der Waals surface area contributed by atoms with Gasteiger partial charge >= 0.3 is 0 Å². The van der Waals surface area contributed by atoms with E-state index in [-0.39, 0.29) is 0 Å². The van der Waals surface area contributed by atoms with Gasteiger partial charge in [-0.15, -0.1) is 0 Å². The molecule has 2 fully saturated rings. The summed E-state index contributed by atoms with van der Waals surface area (Å²) in [5.41, 5.74) is 18.3. The first kappa shape index (κ1) is 35.7. The average Bonchev–Trinajstić information content (AvgIpc) is 3.81. The Morgan fingerprint density at radius 1 is 0.577 bits per heavy atom. The van der Waals surface area contributed by atoms with Gasteiger partial charge < -0.3 is 4.98 Å². The molecule has 0 bridgehead atoms. The zero-order chi connectivity index (χ0) is 36.0. The van der Waals surface area contributed by atoms with Crippen molar-refractivity contribution in [2.45, 2.75) is 111 Å². The minimum Gasteiger partial charge on any atom is -0.354 e. The molecule has 0 atom stereocenters. The molecule has 2 aliphatic carbocycles. The van der Waals surface area contributed by atoms with Crippen LogP contribution in [0.1, 0.15) is 135 Å². The van der Waals surface area contributed by atoms with Gasteiger partial charge in [0.2, 0.25) is 0 Å². The van der Waals surface area contributed by atoms with Gasteiger partial charge in [-0.25, -0.2) is 4.99 Å². The number of benzene rings is 4. The quantitative estimate of drug-likeness (QED) is 0.177. The summed E-state index contributed by atoms with van der Waals surface area (Å²) in [5.74, 6) is 1.41. The van der Waals surface area contributed by atoms with Gasteiger partial charge in [0.25, 0.3) is 0 Å². The van der Waals surface area contributed by atoms with Gasteiger partial charge in [0.05, 0.1) is 11.4 Å². The predicted octanol–water partition coefficient (Wildman–Crippen LogP) is 14.3. The van der Waals surface area contributed by atoms with Crippen LogP contribution in [0.25, 0.3) is 34.0 Å². The molecule has 52 heavy (non-hydrogen) atoms. The summed E-state index contributed by atoms with van der Waals surface area (Å²) in [7, 11) is 0. The van der Waals surface area contributed by atoms with Gasteiger partial charge in [0, 0.05) is 28.1 Å². The van der Waals surface area contributed by atoms with Crippen LogP contribution in [0.15, 0.2) is 114 Å². The van der Waals surface area contributed by atoms with Crippen molar-refractivity contribution in [1.29, 1.82) is 0 Å². The van der Waals surface area contributed by atoms with E-state index in [1.54, 1.807) is 0 Å². The third-order valence-corrected chi connectivity index (χ3v) is 11.6. The monoisotopic (exact) mass is 684 g/mol.